The molecule has 1 heterocycles. The number of benzene rings is 1. The number of nitrogens with one attached hydrogen (secondary N) is 1. The fraction of sp³-hybridized carbons (Fsp3) is 0.412. The minimum atomic E-state index is -0.487. The molecule has 1 aromatic rings. The molecule has 1 amide bonds. The van der Waals surface area contributed by atoms with Gasteiger partial charge in [-0.1, -0.05) is 0 Å². The quantitative estimate of drug-likeness (QED) is 0.683. The number of likely N-dealkylation sites (tertiary alicyclic amines) is 1. The summed E-state index contributed by atoms with van der Waals surface area (Å²) in [5, 5.41) is 11.8. The van der Waals surface area contributed by atoms with Gasteiger partial charge in [-0.2, -0.15) is 5.26 Å². The molecular formula is C17H21FN4O. The van der Waals surface area contributed by atoms with Crippen molar-refractivity contribution in [3.05, 3.63) is 41.9 Å². The molecule has 0 unspecified atom stereocenters. The summed E-state index contributed by atoms with van der Waals surface area (Å²) in [5.41, 5.74) is 0.496. The Morgan fingerprint density at radius 1 is 1.39 bits per heavy atom. The summed E-state index contributed by atoms with van der Waals surface area (Å²) in [6.45, 7) is 2.01. The lowest BCUT2D eigenvalue weighted by molar-refractivity contribution is -0.112. The number of rotatable bonds is 4. The Hall–Kier alpha value is -2.39. The average molecular weight is 316 g/mol. The van der Waals surface area contributed by atoms with Crippen LogP contribution in [0.3, 0.4) is 0 Å². The number of nitrogens with zero attached hydrogens (tertiary/aromatic N) is 3. The highest BCUT2D eigenvalue weighted by molar-refractivity contribution is 6.06. The van der Waals surface area contributed by atoms with E-state index in [0.29, 0.717) is 11.7 Å². The zero-order valence-corrected chi connectivity index (χ0v) is 13.4. The zero-order valence-electron chi connectivity index (χ0n) is 13.4. The van der Waals surface area contributed by atoms with E-state index in [0.717, 1.165) is 25.9 Å². The SMILES string of the molecule is CN1CCC(N(C)/C=C(/C#N)C(=O)Nc2ccc(F)cc2)CC1. The van der Waals surface area contributed by atoms with Crippen molar-refractivity contribution in [2.45, 2.75) is 18.9 Å². The summed E-state index contributed by atoms with van der Waals surface area (Å²) in [6.07, 6.45) is 3.60. The van der Waals surface area contributed by atoms with Crippen LogP contribution in [0.2, 0.25) is 0 Å². The molecule has 23 heavy (non-hydrogen) atoms. The van der Waals surface area contributed by atoms with Crippen LogP contribution in [-0.4, -0.2) is 48.9 Å². The van der Waals surface area contributed by atoms with Gasteiger partial charge in [0.15, 0.2) is 0 Å². The molecule has 1 aromatic carbocycles. The molecule has 1 aliphatic heterocycles. The molecule has 2 rings (SSSR count). The lowest BCUT2D eigenvalue weighted by Crippen LogP contribution is -2.40. The van der Waals surface area contributed by atoms with Crippen molar-refractivity contribution in [1.82, 2.24) is 9.80 Å². The highest BCUT2D eigenvalue weighted by Gasteiger charge is 2.20. The van der Waals surface area contributed by atoms with E-state index in [2.05, 4.69) is 17.3 Å². The Labute approximate surface area is 136 Å². The van der Waals surface area contributed by atoms with Gasteiger partial charge in [-0.05, 0) is 57.2 Å². The lowest BCUT2D eigenvalue weighted by atomic mass is 10.0. The van der Waals surface area contributed by atoms with E-state index >= 15 is 0 Å². The van der Waals surface area contributed by atoms with Gasteiger partial charge in [0, 0.05) is 25.0 Å². The van der Waals surface area contributed by atoms with Crippen LogP contribution in [0.5, 0.6) is 0 Å². The standard InChI is InChI=1S/C17H21FN4O/c1-21-9-7-16(8-10-21)22(2)12-13(11-19)17(23)20-15-5-3-14(18)4-6-15/h3-6,12,16H,7-10H2,1-2H3,(H,20,23)/b13-12-. The van der Waals surface area contributed by atoms with Crippen LogP contribution in [0.15, 0.2) is 36.0 Å². The molecule has 0 bridgehead atoms. The first-order chi connectivity index (χ1) is 11.0. The summed E-state index contributed by atoms with van der Waals surface area (Å²) >= 11 is 0. The van der Waals surface area contributed by atoms with Crippen molar-refractivity contribution in [2.24, 2.45) is 0 Å². The monoisotopic (exact) mass is 316 g/mol. The van der Waals surface area contributed by atoms with Crippen molar-refractivity contribution in [3.8, 4) is 6.07 Å². The van der Waals surface area contributed by atoms with Crippen LogP contribution in [0, 0.1) is 17.1 Å². The van der Waals surface area contributed by atoms with Crippen LogP contribution in [0.25, 0.3) is 0 Å². The molecule has 0 aromatic heterocycles. The summed E-state index contributed by atoms with van der Waals surface area (Å²) in [5.74, 6) is -0.861. The maximum Gasteiger partial charge on any atom is 0.267 e. The van der Waals surface area contributed by atoms with Crippen LogP contribution in [0.1, 0.15) is 12.8 Å². The number of piperidine rings is 1. The molecule has 0 saturated carbocycles. The molecular weight excluding hydrogens is 295 g/mol. The average Bonchev–Trinajstić information content (AvgIpc) is 2.55. The van der Waals surface area contributed by atoms with Gasteiger partial charge in [0.2, 0.25) is 0 Å². The number of hydrogen-bond donors (Lipinski definition) is 1. The van der Waals surface area contributed by atoms with Gasteiger partial charge in [-0.15, -0.1) is 0 Å². The first kappa shape index (κ1) is 17.0. The predicted octanol–water partition coefficient (Wildman–Crippen LogP) is 2.20. The van der Waals surface area contributed by atoms with Gasteiger partial charge in [-0.25, -0.2) is 4.39 Å². The van der Waals surface area contributed by atoms with Gasteiger partial charge in [0.05, 0.1) is 0 Å². The molecule has 0 aliphatic carbocycles. The first-order valence-electron chi connectivity index (χ1n) is 7.59. The maximum atomic E-state index is 12.9. The predicted molar refractivity (Wildman–Crippen MR) is 87.0 cm³/mol. The van der Waals surface area contributed by atoms with Gasteiger partial charge < -0.3 is 15.1 Å². The van der Waals surface area contributed by atoms with Crippen LogP contribution in [-0.2, 0) is 4.79 Å². The van der Waals surface area contributed by atoms with Gasteiger partial charge in [0.1, 0.15) is 17.5 Å². The Balaban J connectivity index is 2.01. The van der Waals surface area contributed by atoms with Crippen molar-refractivity contribution in [3.63, 3.8) is 0 Å². The topological polar surface area (TPSA) is 59.4 Å². The van der Waals surface area contributed by atoms with E-state index in [9.17, 15) is 14.4 Å². The largest absolute Gasteiger partial charge is 0.376 e. The minimum Gasteiger partial charge on any atom is -0.376 e. The molecule has 0 atom stereocenters. The van der Waals surface area contributed by atoms with Crippen LogP contribution in [0.4, 0.5) is 10.1 Å². The second-order valence-corrected chi connectivity index (χ2v) is 5.82. The highest BCUT2D eigenvalue weighted by Crippen LogP contribution is 2.16. The Bertz CT molecular complexity index is 612. The highest BCUT2D eigenvalue weighted by atomic mass is 19.1. The van der Waals surface area contributed by atoms with Gasteiger partial charge in [0.25, 0.3) is 5.91 Å². The normalized spacial score (nSPS) is 16.7. The third kappa shape index (κ3) is 4.80. The minimum absolute atomic E-state index is 0.0377. The fourth-order valence-corrected chi connectivity index (χ4v) is 2.58. The van der Waals surface area contributed by atoms with Crippen LogP contribution < -0.4 is 5.32 Å². The third-order valence-electron chi connectivity index (χ3n) is 4.06. The van der Waals surface area contributed by atoms with Crippen molar-refractivity contribution in [2.75, 3.05) is 32.5 Å². The Kier molecular flexibility index (Phi) is 5.72. The molecule has 0 spiro atoms. The Morgan fingerprint density at radius 2 is 2.00 bits per heavy atom. The lowest BCUT2D eigenvalue weighted by Gasteiger charge is -2.34. The molecule has 1 saturated heterocycles. The smallest absolute Gasteiger partial charge is 0.267 e. The number of anilines is 1. The van der Waals surface area contributed by atoms with Crippen molar-refractivity contribution < 1.29 is 9.18 Å². The number of carbonyl (C=O) groups is 1. The fourth-order valence-electron chi connectivity index (χ4n) is 2.58. The number of hydrogen-bond acceptors (Lipinski definition) is 4. The molecule has 5 nitrogen and oxygen atoms in total. The molecule has 1 fully saturated rings. The van der Waals surface area contributed by atoms with E-state index in [4.69, 9.17) is 0 Å². The van der Waals surface area contributed by atoms with Crippen molar-refractivity contribution >= 4 is 11.6 Å². The van der Waals surface area contributed by atoms with Crippen molar-refractivity contribution in [1.29, 1.82) is 5.26 Å². The maximum absolute atomic E-state index is 12.9. The molecule has 6 heteroatoms. The first-order valence-corrected chi connectivity index (χ1v) is 7.59. The van der Waals surface area contributed by atoms with E-state index in [1.807, 2.05) is 18.0 Å². The summed E-state index contributed by atoms with van der Waals surface area (Å²) in [4.78, 5) is 16.4. The molecule has 0 radical (unpaired) electrons. The van der Waals surface area contributed by atoms with Gasteiger partial charge in [-0.3, -0.25) is 4.79 Å². The summed E-state index contributed by atoms with van der Waals surface area (Å²) < 4.78 is 12.9. The third-order valence-corrected chi connectivity index (χ3v) is 4.06. The Morgan fingerprint density at radius 3 is 2.57 bits per heavy atom. The summed E-state index contributed by atoms with van der Waals surface area (Å²) in [6, 6.07) is 7.70. The van der Waals surface area contributed by atoms with Crippen LogP contribution >= 0.6 is 0 Å². The number of halogens is 1. The van der Waals surface area contributed by atoms with Gasteiger partial charge >= 0.3 is 0 Å². The molecule has 1 N–H and O–H groups in total. The number of amides is 1. The zero-order chi connectivity index (χ0) is 16.8. The number of nitriles is 1. The number of carbonyl (C=O) groups excluding carboxylic acids is 1. The molecule has 1 aliphatic rings. The van der Waals surface area contributed by atoms with E-state index in [1.54, 1.807) is 6.20 Å². The second-order valence-electron chi connectivity index (χ2n) is 5.82. The van der Waals surface area contributed by atoms with E-state index in [-0.39, 0.29) is 11.4 Å². The second kappa shape index (κ2) is 7.75. The van der Waals surface area contributed by atoms with E-state index < -0.39 is 5.91 Å². The molecule has 122 valence electrons. The summed E-state index contributed by atoms with van der Waals surface area (Å²) in [7, 11) is 3.97. The van der Waals surface area contributed by atoms with E-state index in [1.165, 1.54) is 24.3 Å².